The first-order valence-corrected chi connectivity index (χ1v) is 16.6. The van der Waals surface area contributed by atoms with Crippen molar-refractivity contribution in [3.05, 3.63) is 23.0 Å². The van der Waals surface area contributed by atoms with E-state index in [1.54, 1.807) is 0 Å². The number of aliphatic hydroxyl groups is 2. The highest BCUT2D eigenvalue weighted by Gasteiger charge is 2.52. The number of nitrogen functional groups attached to an aromatic ring is 2. The van der Waals surface area contributed by atoms with Gasteiger partial charge in [0.05, 0.1) is 19.5 Å². The van der Waals surface area contributed by atoms with Crippen molar-refractivity contribution in [1.29, 1.82) is 0 Å². The van der Waals surface area contributed by atoms with Crippen molar-refractivity contribution >= 4 is 57.0 Å². The zero-order valence-electron chi connectivity index (χ0n) is 24.3. The van der Waals surface area contributed by atoms with Crippen molar-refractivity contribution in [2.75, 3.05) is 43.0 Å². The Balaban J connectivity index is 1.31. The lowest BCUT2D eigenvalue weighted by Crippen LogP contribution is -2.43. The number of nitrogens with zero attached hydrogens (tertiary/aromatic N) is 7. The van der Waals surface area contributed by atoms with Crippen LogP contribution in [0, 0.1) is 0 Å². The number of nitrogens with two attached hydrogens (primary N) is 2. The minimum Gasteiger partial charge on any atom is -0.394 e. The molecular formula is C22H31FN10O12P2. The van der Waals surface area contributed by atoms with E-state index in [0.717, 1.165) is 11.2 Å². The molecule has 6 unspecified atom stereocenters. The van der Waals surface area contributed by atoms with Crippen LogP contribution < -0.4 is 21.9 Å². The lowest BCUT2D eigenvalue weighted by atomic mass is 10.1. The van der Waals surface area contributed by atoms with Gasteiger partial charge in [0.2, 0.25) is 14.0 Å². The first kappa shape index (κ1) is 34.9. The average Bonchev–Trinajstić information content (AvgIpc) is 3.68. The Morgan fingerprint density at radius 1 is 1.28 bits per heavy atom. The number of H-pyrrole nitrogens is 1. The van der Waals surface area contributed by atoms with Crippen molar-refractivity contribution < 1.29 is 56.8 Å². The summed E-state index contributed by atoms with van der Waals surface area (Å²) in [5, 5.41) is 20.9. The van der Waals surface area contributed by atoms with Crippen LogP contribution in [0.25, 0.3) is 11.2 Å². The Morgan fingerprint density at radius 3 is 2.70 bits per heavy atom. The summed E-state index contributed by atoms with van der Waals surface area (Å²) in [6.07, 6.45) is -11.3. The number of rotatable bonds is 13. The van der Waals surface area contributed by atoms with Gasteiger partial charge in [0.1, 0.15) is 48.7 Å². The van der Waals surface area contributed by atoms with Gasteiger partial charge in [-0.15, -0.1) is 0 Å². The van der Waals surface area contributed by atoms with Crippen molar-refractivity contribution in [3.63, 3.8) is 0 Å². The molecule has 2 aliphatic heterocycles. The molecule has 0 aliphatic carbocycles. The third kappa shape index (κ3) is 7.05. The van der Waals surface area contributed by atoms with Gasteiger partial charge >= 0.3 is 7.82 Å². The van der Waals surface area contributed by atoms with Gasteiger partial charge in [0.15, 0.2) is 41.6 Å². The third-order valence-corrected chi connectivity index (χ3v) is 8.64. The second-order valence-corrected chi connectivity index (χ2v) is 12.7. The molecule has 9 N–H and O–H groups in total. The van der Waals surface area contributed by atoms with Crippen LogP contribution in [0.3, 0.4) is 0 Å². The molecule has 2 saturated heterocycles. The molecule has 3 aromatic rings. The maximum absolute atomic E-state index is 15.7. The van der Waals surface area contributed by atoms with E-state index in [1.165, 1.54) is 17.9 Å². The number of alkyl halides is 1. The third-order valence-electron chi connectivity index (χ3n) is 7.24. The summed E-state index contributed by atoms with van der Waals surface area (Å²) in [6.45, 7) is 1.65. The van der Waals surface area contributed by atoms with Crippen LogP contribution in [0.5, 0.6) is 0 Å². The normalized spacial score (nSPS) is 29.6. The summed E-state index contributed by atoms with van der Waals surface area (Å²) in [7, 11) is -7.05. The SMILES string of the molecule is C=Nc1c(N(C)[C@@H]2O[C@H](CO)C(OP(=O)(O)OC[C@H]3O[C@@H](n4cnc5c(N)ncnc54)C(F)C3OC[PH](=O)O)C2O)nc(N)[nH]c1=O. The van der Waals surface area contributed by atoms with E-state index in [-0.39, 0.29) is 34.4 Å². The van der Waals surface area contributed by atoms with E-state index in [0.29, 0.717) is 0 Å². The lowest BCUT2D eigenvalue weighted by Gasteiger charge is -2.28. The van der Waals surface area contributed by atoms with Crippen LogP contribution in [0.4, 0.5) is 27.7 Å². The number of halogens is 1. The Kier molecular flexibility index (Phi) is 10.3. The minimum absolute atomic E-state index is 0.00964. The van der Waals surface area contributed by atoms with Gasteiger partial charge in [-0.1, -0.05) is 0 Å². The summed E-state index contributed by atoms with van der Waals surface area (Å²) in [4.78, 5) is 55.0. The van der Waals surface area contributed by atoms with Gasteiger partial charge in [-0.05, 0) is 6.72 Å². The summed E-state index contributed by atoms with van der Waals surface area (Å²) < 4.78 is 68.2. The van der Waals surface area contributed by atoms with E-state index in [4.69, 9.17) is 34.7 Å². The summed E-state index contributed by atoms with van der Waals surface area (Å²) in [5.74, 6) is -0.456. The number of aromatic nitrogens is 6. The molecule has 258 valence electrons. The molecular weight excluding hydrogens is 677 g/mol. The number of phosphoric ester groups is 1. The molecule has 0 amide bonds. The number of aliphatic imine (C=N–C) groups is 1. The fourth-order valence-electron chi connectivity index (χ4n) is 5.12. The Hall–Kier alpha value is -3.47. The fourth-order valence-corrected chi connectivity index (χ4v) is 6.42. The Labute approximate surface area is 263 Å². The largest absolute Gasteiger partial charge is 0.472 e. The first-order valence-electron chi connectivity index (χ1n) is 13.5. The number of hydrogen-bond acceptors (Lipinski definition) is 18. The first-order chi connectivity index (χ1) is 22.3. The highest BCUT2D eigenvalue weighted by Crippen LogP contribution is 2.49. The lowest BCUT2D eigenvalue weighted by molar-refractivity contribution is -0.0611. The molecule has 47 heavy (non-hydrogen) atoms. The second-order valence-electron chi connectivity index (χ2n) is 10.2. The minimum atomic E-state index is -5.16. The number of nitrogens with one attached hydrogen (secondary N) is 1. The van der Waals surface area contributed by atoms with Crippen LogP contribution in [-0.4, -0.2) is 126 Å². The van der Waals surface area contributed by atoms with Gasteiger partial charge < -0.3 is 50.6 Å². The molecule has 0 aromatic carbocycles. The zero-order valence-corrected chi connectivity index (χ0v) is 26.2. The second kappa shape index (κ2) is 13.9. The summed E-state index contributed by atoms with van der Waals surface area (Å²) >= 11 is 0. The standard InChI is InChI=1S/C22H31FN10O12P2/c1-26-12-18(30-22(25)31-19(12)36)32(2)21-13(35)15(8(3-34)43-21)45-47(39,40)42-4-9-14(41-7-46(37)38)10(23)20(44-9)33-6-29-11-16(24)27-5-28-17(11)33/h5-6,8-10,13-15,20-21,34-35,46H,1,3-4,7H2,2H3,(H,37,38)(H,39,40)(H2,24,27,28)(H3,25,30,31,36)/t8-,9-,10?,13?,14?,15?,20-,21-/m1/s1. The molecule has 0 spiro atoms. The number of aliphatic hydroxyl groups excluding tert-OH is 2. The molecule has 25 heteroatoms. The molecule has 22 nitrogen and oxygen atoms in total. The predicted molar refractivity (Wildman–Crippen MR) is 159 cm³/mol. The van der Waals surface area contributed by atoms with Crippen LogP contribution in [0.1, 0.15) is 6.23 Å². The van der Waals surface area contributed by atoms with Crippen molar-refractivity contribution in [3.8, 4) is 0 Å². The summed E-state index contributed by atoms with van der Waals surface area (Å²) in [5.41, 5.74) is 10.6. The molecule has 0 saturated carbocycles. The Morgan fingerprint density at radius 2 is 2.02 bits per heavy atom. The Bertz CT molecular complexity index is 1750. The number of anilines is 3. The van der Waals surface area contributed by atoms with E-state index in [1.807, 2.05) is 0 Å². The van der Waals surface area contributed by atoms with Gasteiger partial charge in [-0.3, -0.25) is 33.0 Å². The monoisotopic (exact) mass is 708 g/mol. The highest BCUT2D eigenvalue weighted by atomic mass is 31.2. The molecule has 3 aromatic heterocycles. The number of aromatic amines is 1. The van der Waals surface area contributed by atoms with E-state index in [9.17, 15) is 33.9 Å². The van der Waals surface area contributed by atoms with Crippen LogP contribution in [0.2, 0.25) is 0 Å². The number of likely N-dealkylation sites (N-methyl/N-ethyl adjacent to an activating group) is 1. The van der Waals surface area contributed by atoms with Crippen molar-refractivity contribution in [2.24, 2.45) is 4.99 Å². The predicted octanol–water partition coefficient (Wildman–Crippen LogP) is -1.83. The maximum Gasteiger partial charge on any atom is 0.472 e. The number of ether oxygens (including phenoxy) is 3. The van der Waals surface area contributed by atoms with Gasteiger partial charge in [-0.2, -0.15) is 4.98 Å². The molecule has 5 rings (SSSR count). The van der Waals surface area contributed by atoms with Gasteiger partial charge in [0, 0.05) is 7.05 Å². The molecule has 10 atom stereocenters. The van der Waals surface area contributed by atoms with Crippen molar-refractivity contribution in [1.82, 2.24) is 29.5 Å². The molecule has 2 fully saturated rings. The molecule has 5 heterocycles. The highest BCUT2D eigenvalue weighted by molar-refractivity contribution is 7.47. The number of fused-ring (bicyclic) bond motifs is 1. The number of hydrogen-bond donors (Lipinski definition) is 7. The number of phosphoric acid groups is 1. The van der Waals surface area contributed by atoms with Crippen LogP contribution in [-0.2, 0) is 32.4 Å². The topological polar surface area (TPSA) is 318 Å². The molecule has 2 aliphatic rings. The number of imidazole rings is 1. The van der Waals surface area contributed by atoms with Crippen LogP contribution >= 0.6 is 15.9 Å². The maximum atomic E-state index is 15.7. The zero-order chi connectivity index (χ0) is 34.2. The van der Waals surface area contributed by atoms with Gasteiger partial charge in [0.25, 0.3) is 5.56 Å². The van der Waals surface area contributed by atoms with Crippen LogP contribution in [0.15, 0.2) is 22.4 Å². The smallest absolute Gasteiger partial charge is 0.394 e. The summed E-state index contributed by atoms with van der Waals surface area (Å²) in [6, 6.07) is 0. The van der Waals surface area contributed by atoms with Gasteiger partial charge in [-0.25, -0.2) is 23.9 Å². The van der Waals surface area contributed by atoms with Crippen molar-refractivity contribution in [2.45, 2.75) is 49.1 Å². The van der Waals surface area contributed by atoms with E-state index < -0.39 is 90.1 Å². The quantitative estimate of drug-likeness (QED) is 0.0758. The van der Waals surface area contributed by atoms with E-state index >= 15 is 4.39 Å². The molecule has 0 bridgehead atoms. The van der Waals surface area contributed by atoms with E-state index in [2.05, 4.69) is 36.6 Å². The molecule has 0 radical (unpaired) electrons. The fraction of sp³-hybridized carbons (Fsp3) is 0.545. The average molecular weight is 708 g/mol.